The van der Waals surface area contributed by atoms with E-state index in [2.05, 4.69) is 31.2 Å². The molecule has 2 N–H and O–H groups in total. The molecule has 0 bridgehead atoms. The number of benzene rings is 1. The zero-order valence-electron chi connectivity index (χ0n) is 21.0. The molecule has 0 radical (unpaired) electrons. The number of aryl methyl sites for hydroxylation is 2. The smallest absolute Gasteiger partial charge is 0.405 e. The molecule has 0 unspecified atom stereocenters. The molecule has 1 heterocycles. The number of ether oxygens (including phenoxy) is 3. The second-order valence-corrected chi connectivity index (χ2v) is 10.7. The van der Waals surface area contributed by atoms with Gasteiger partial charge in [0.2, 0.25) is 0 Å². The van der Waals surface area contributed by atoms with Gasteiger partial charge in [-0.25, -0.2) is 4.79 Å². The van der Waals surface area contributed by atoms with Crippen LogP contribution in [0.15, 0.2) is 24.3 Å². The molecule has 0 spiro atoms. The molecule has 1 aliphatic rings. The van der Waals surface area contributed by atoms with E-state index in [1.54, 1.807) is 0 Å². The Kier molecular flexibility index (Phi) is 10.0. The van der Waals surface area contributed by atoms with Gasteiger partial charge in [0.1, 0.15) is 5.60 Å². The zero-order chi connectivity index (χ0) is 23.7. The Labute approximate surface area is 195 Å². The normalized spacial score (nSPS) is 17.8. The fourth-order valence-corrected chi connectivity index (χ4v) is 4.67. The first-order chi connectivity index (χ1) is 15.0. The van der Waals surface area contributed by atoms with Gasteiger partial charge in [-0.1, -0.05) is 63.3 Å². The molecule has 2 rings (SSSR count). The highest BCUT2D eigenvalue weighted by Crippen LogP contribution is 2.41. The average Bonchev–Trinajstić information content (AvgIpc) is 2.71. The van der Waals surface area contributed by atoms with E-state index in [1.807, 2.05) is 27.7 Å². The summed E-state index contributed by atoms with van der Waals surface area (Å²) in [6, 6.07) is 9.04. The summed E-state index contributed by atoms with van der Waals surface area (Å²) in [5, 5.41) is 0. The monoisotopic (exact) mass is 447 g/mol. The number of hydrogen-bond donors (Lipinski definition) is 1. The molecule has 0 saturated carbocycles. The van der Waals surface area contributed by atoms with E-state index in [-0.39, 0.29) is 5.41 Å². The summed E-state index contributed by atoms with van der Waals surface area (Å²) >= 11 is 0. The number of rotatable bonds is 13. The molecule has 1 aromatic rings. The minimum absolute atomic E-state index is 0.231. The van der Waals surface area contributed by atoms with Gasteiger partial charge in [-0.15, -0.1) is 0 Å². The Balaban J connectivity index is 1.92. The standard InChI is InChI=1S/C27H45NO4/c1-6-7-8-9-10-11-12-22-13-15-23(16-14-22)17-18-27(19-25(2,3)32-24(28)29)20-30-26(4,5)31-21-27/h13-16H,6-12,17-21H2,1-5H3,(H2,28,29). The Morgan fingerprint density at radius 1 is 0.969 bits per heavy atom. The number of nitrogens with two attached hydrogens (primary N) is 1. The Morgan fingerprint density at radius 2 is 1.50 bits per heavy atom. The maximum absolute atomic E-state index is 11.4. The van der Waals surface area contributed by atoms with Gasteiger partial charge in [0.15, 0.2) is 5.79 Å². The first-order valence-corrected chi connectivity index (χ1v) is 12.4. The van der Waals surface area contributed by atoms with Crippen LogP contribution < -0.4 is 5.73 Å². The Bertz CT molecular complexity index is 686. The summed E-state index contributed by atoms with van der Waals surface area (Å²) in [5.74, 6) is -0.587. The first-order valence-electron chi connectivity index (χ1n) is 12.4. The lowest BCUT2D eigenvalue weighted by atomic mass is 9.74. The van der Waals surface area contributed by atoms with Gasteiger partial charge in [-0.2, -0.15) is 0 Å². The molecule has 5 nitrogen and oxygen atoms in total. The van der Waals surface area contributed by atoms with E-state index in [4.69, 9.17) is 19.9 Å². The molecule has 1 amide bonds. The van der Waals surface area contributed by atoms with Crippen LogP contribution in [0.2, 0.25) is 0 Å². The second kappa shape index (κ2) is 12.0. The fraction of sp³-hybridized carbons (Fsp3) is 0.741. The van der Waals surface area contributed by atoms with Crippen molar-refractivity contribution in [3.8, 4) is 0 Å². The number of amides is 1. The zero-order valence-corrected chi connectivity index (χ0v) is 21.0. The van der Waals surface area contributed by atoms with Crippen LogP contribution in [0.5, 0.6) is 0 Å². The highest BCUT2D eigenvalue weighted by atomic mass is 16.7. The van der Waals surface area contributed by atoms with Crippen LogP contribution >= 0.6 is 0 Å². The molecule has 0 aliphatic carbocycles. The molecule has 1 aromatic carbocycles. The maximum atomic E-state index is 11.4. The molecule has 5 heteroatoms. The predicted molar refractivity (Wildman–Crippen MR) is 130 cm³/mol. The van der Waals surface area contributed by atoms with Crippen molar-refractivity contribution < 1.29 is 19.0 Å². The molecular weight excluding hydrogens is 402 g/mol. The van der Waals surface area contributed by atoms with E-state index < -0.39 is 17.5 Å². The summed E-state index contributed by atoms with van der Waals surface area (Å²) in [5.41, 5.74) is 7.11. The van der Waals surface area contributed by atoms with Crippen LogP contribution in [-0.4, -0.2) is 30.7 Å². The molecule has 0 atom stereocenters. The van der Waals surface area contributed by atoms with Crippen LogP contribution in [0.25, 0.3) is 0 Å². The third-order valence-electron chi connectivity index (χ3n) is 6.42. The maximum Gasteiger partial charge on any atom is 0.405 e. The SMILES string of the molecule is CCCCCCCCc1ccc(CCC2(CC(C)(C)OC(N)=O)COC(C)(C)OC2)cc1. The second-order valence-electron chi connectivity index (χ2n) is 10.7. The van der Waals surface area contributed by atoms with Gasteiger partial charge < -0.3 is 19.9 Å². The Hall–Kier alpha value is -1.59. The quantitative estimate of drug-likeness (QED) is 0.348. The lowest BCUT2D eigenvalue weighted by molar-refractivity contribution is -0.292. The van der Waals surface area contributed by atoms with Crippen molar-refractivity contribution >= 4 is 6.09 Å². The topological polar surface area (TPSA) is 70.8 Å². The molecule has 1 aliphatic heterocycles. The molecular formula is C27H45NO4. The van der Waals surface area contributed by atoms with Crippen LogP contribution in [-0.2, 0) is 27.1 Å². The first kappa shape index (κ1) is 26.7. The van der Waals surface area contributed by atoms with E-state index in [0.717, 1.165) is 19.3 Å². The number of primary amides is 1. The van der Waals surface area contributed by atoms with Gasteiger partial charge >= 0.3 is 6.09 Å². The average molecular weight is 448 g/mol. The molecule has 32 heavy (non-hydrogen) atoms. The Morgan fingerprint density at radius 3 is 2.06 bits per heavy atom. The van der Waals surface area contributed by atoms with Crippen molar-refractivity contribution in [2.75, 3.05) is 13.2 Å². The fourth-order valence-electron chi connectivity index (χ4n) is 4.67. The van der Waals surface area contributed by atoms with Gasteiger partial charge in [0.25, 0.3) is 0 Å². The van der Waals surface area contributed by atoms with Crippen molar-refractivity contribution in [1.29, 1.82) is 0 Å². The van der Waals surface area contributed by atoms with Crippen molar-refractivity contribution in [2.24, 2.45) is 11.1 Å². The van der Waals surface area contributed by atoms with Crippen LogP contribution in [0.3, 0.4) is 0 Å². The summed E-state index contributed by atoms with van der Waals surface area (Å²) in [4.78, 5) is 11.4. The third-order valence-corrected chi connectivity index (χ3v) is 6.42. The predicted octanol–water partition coefficient (Wildman–Crippen LogP) is 6.56. The van der Waals surface area contributed by atoms with E-state index in [9.17, 15) is 4.79 Å². The highest BCUT2D eigenvalue weighted by Gasteiger charge is 2.44. The number of carbonyl (C=O) groups excluding carboxylic acids is 1. The van der Waals surface area contributed by atoms with Gasteiger partial charge in [0, 0.05) is 5.41 Å². The van der Waals surface area contributed by atoms with E-state index in [1.165, 1.54) is 49.7 Å². The van der Waals surface area contributed by atoms with Crippen molar-refractivity contribution in [3.05, 3.63) is 35.4 Å². The van der Waals surface area contributed by atoms with Crippen molar-refractivity contribution in [2.45, 2.75) is 110 Å². The van der Waals surface area contributed by atoms with E-state index in [0.29, 0.717) is 19.6 Å². The molecule has 1 saturated heterocycles. The van der Waals surface area contributed by atoms with Crippen LogP contribution in [0, 0.1) is 5.41 Å². The van der Waals surface area contributed by atoms with Crippen LogP contribution in [0.1, 0.15) is 97.1 Å². The van der Waals surface area contributed by atoms with Gasteiger partial charge in [0.05, 0.1) is 13.2 Å². The molecule has 1 fully saturated rings. The van der Waals surface area contributed by atoms with Gasteiger partial charge in [-0.05, 0) is 70.9 Å². The minimum atomic E-state index is -0.746. The number of unbranched alkanes of at least 4 members (excludes halogenated alkanes) is 5. The lowest BCUT2D eigenvalue weighted by Gasteiger charge is -2.46. The van der Waals surface area contributed by atoms with Crippen LogP contribution in [0.4, 0.5) is 4.79 Å². The third kappa shape index (κ3) is 9.50. The summed E-state index contributed by atoms with van der Waals surface area (Å²) in [6.45, 7) is 11.1. The minimum Gasteiger partial charge on any atom is -0.444 e. The van der Waals surface area contributed by atoms with E-state index >= 15 is 0 Å². The number of hydrogen-bond acceptors (Lipinski definition) is 4. The summed E-state index contributed by atoms with van der Waals surface area (Å²) in [7, 11) is 0. The largest absolute Gasteiger partial charge is 0.444 e. The number of carbonyl (C=O) groups is 1. The van der Waals surface area contributed by atoms with Gasteiger partial charge in [-0.3, -0.25) is 0 Å². The summed E-state index contributed by atoms with van der Waals surface area (Å²) < 4.78 is 17.4. The lowest BCUT2D eigenvalue weighted by Crippen LogP contribution is -2.50. The van der Waals surface area contributed by atoms with Crippen molar-refractivity contribution in [3.63, 3.8) is 0 Å². The molecule has 182 valence electrons. The van der Waals surface area contributed by atoms with Crippen molar-refractivity contribution in [1.82, 2.24) is 0 Å². The summed E-state index contributed by atoms with van der Waals surface area (Å²) in [6.07, 6.45) is 10.8. The highest BCUT2D eigenvalue weighted by molar-refractivity contribution is 5.65. The molecule has 0 aromatic heterocycles.